The van der Waals surface area contributed by atoms with E-state index >= 15 is 0 Å². The van der Waals surface area contributed by atoms with Gasteiger partial charge in [-0.2, -0.15) is 0 Å². The number of carbonyl (C=O) groups is 2. The predicted molar refractivity (Wildman–Crippen MR) is 97.7 cm³/mol. The number of rotatable bonds is 4. The third kappa shape index (κ3) is 4.25. The largest absolute Gasteiger partial charge is 0.337 e. The standard InChI is InChI=1S/C18H21FN4O2S/c19-14-4-2-13(3-5-14)17(24)22-8-1-9-23(11-10-22)18(25)15-12-26-16(21-15)6-7-20/h2-5,12H,1,6-11,20H2. The summed E-state index contributed by atoms with van der Waals surface area (Å²) in [7, 11) is 0. The summed E-state index contributed by atoms with van der Waals surface area (Å²) in [5.41, 5.74) is 6.42. The second kappa shape index (κ2) is 8.37. The zero-order chi connectivity index (χ0) is 18.5. The van der Waals surface area contributed by atoms with Crippen molar-refractivity contribution >= 4 is 23.2 Å². The summed E-state index contributed by atoms with van der Waals surface area (Å²) in [5.74, 6) is -0.620. The van der Waals surface area contributed by atoms with Crippen LogP contribution in [-0.2, 0) is 6.42 Å². The van der Waals surface area contributed by atoms with E-state index in [1.165, 1.54) is 35.6 Å². The molecule has 2 aromatic rings. The van der Waals surface area contributed by atoms with Crippen molar-refractivity contribution in [3.8, 4) is 0 Å². The molecule has 1 aromatic heterocycles. The molecule has 2 N–H and O–H groups in total. The molecule has 1 aliphatic rings. The first-order chi connectivity index (χ1) is 12.6. The van der Waals surface area contributed by atoms with Crippen molar-refractivity contribution in [2.45, 2.75) is 12.8 Å². The van der Waals surface area contributed by atoms with E-state index in [0.717, 1.165) is 5.01 Å². The first-order valence-corrected chi connectivity index (χ1v) is 9.45. The van der Waals surface area contributed by atoms with Gasteiger partial charge in [0.2, 0.25) is 0 Å². The number of nitrogens with zero attached hydrogens (tertiary/aromatic N) is 3. The first-order valence-electron chi connectivity index (χ1n) is 8.57. The van der Waals surface area contributed by atoms with Crippen LogP contribution < -0.4 is 5.73 Å². The van der Waals surface area contributed by atoms with Gasteiger partial charge >= 0.3 is 0 Å². The molecule has 1 aromatic carbocycles. The second-order valence-corrected chi connectivity index (χ2v) is 7.05. The highest BCUT2D eigenvalue weighted by Gasteiger charge is 2.24. The molecule has 1 saturated heterocycles. The van der Waals surface area contributed by atoms with Crippen molar-refractivity contribution in [2.75, 3.05) is 32.7 Å². The van der Waals surface area contributed by atoms with E-state index < -0.39 is 0 Å². The Hall–Kier alpha value is -2.32. The molecule has 0 saturated carbocycles. The van der Waals surface area contributed by atoms with Crippen LogP contribution in [0.1, 0.15) is 32.3 Å². The van der Waals surface area contributed by atoms with Crippen LogP contribution in [0.15, 0.2) is 29.6 Å². The SMILES string of the molecule is NCCc1nc(C(=O)N2CCCN(C(=O)c3ccc(F)cc3)CC2)cs1. The Kier molecular flexibility index (Phi) is 5.95. The van der Waals surface area contributed by atoms with Crippen molar-refractivity contribution in [3.05, 3.63) is 51.7 Å². The molecule has 0 bridgehead atoms. The summed E-state index contributed by atoms with van der Waals surface area (Å²) in [4.78, 5) is 33.0. The third-order valence-corrected chi connectivity index (χ3v) is 5.20. The lowest BCUT2D eigenvalue weighted by atomic mass is 10.2. The van der Waals surface area contributed by atoms with E-state index in [1.54, 1.807) is 15.2 Å². The van der Waals surface area contributed by atoms with Gasteiger partial charge in [0, 0.05) is 43.5 Å². The number of benzene rings is 1. The molecule has 0 radical (unpaired) electrons. The molecule has 2 amide bonds. The van der Waals surface area contributed by atoms with Gasteiger partial charge in [-0.25, -0.2) is 9.37 Å². The molecule has 0 atom stereocenters. The highest BCUT2D eigenvalue weighted by atomic mass is 32.1. The molecule has 3 rings (SSSR count). The maximum absolute atomic E-state index is 13.0. The van der Waals surface area contributed by atoms with Gasteiger partial charge in [0.1, 0.15) is 11.5 Å². The Morgan fingerprint density at radius 2 is 1.73 bits per heavy atom. The number of thiazole rings is 1. The minimum Gasteiger partial charge on any atom is -0.337 e. The zero-order valence-corrected chi connectivity index (χ0v) is 15.2. The lowest BCUT2D eigenvalue weighted by molar-refractivity contribution is 0.0716. The average Bonchev–Trinajstić information content (AvgIpc) is 2.97. The molecule has 0 aliphatic carbocycles. The van der Waals surface area contributed by atoms with Crippen molar-refractivity contribution in [2.24, 2.45) is 5.73 Å². The summed E-state index contributed by atoms with van der Waals surface area (Å²) in [5, 5.41) is 2.62. The van der Waals surface area contributed by atoms with Crippen LogP contribution in [0.4, 0.5) is 4.39 Å². The molecule has 0 unspecified atom stereocenters. The van der Waals surface area contributed by atoms with Crippen molar-refractivity contribution in [3.63, 3.8) is 0 Å². The molecule has 138 valence electrons. The number of hydrogen-bond acceptors (Lipinski definition) is 5. The molecule has 26 heavy (non-hydrogen) atoms. The van der Waals surface area contributed by atoms with E-state index in [-0.39, 0.29) is 17.6 Å². The van der Waals surface area contributed by atoms with Crippen LogP contribution in [0.3, 0.4) is 0 Å². The zero-order valence-electron chi connectivity index (χ0n) is 14.4. The lowest BCUT2D eigenvalue weighted by Gasteiger charge is -2.21. The van der Waals surface area contributed by atoms with E-state index in [9.17, 15) is 14.0 Å². The van der Waals surface area contributed by atoms with Crippen LogP contribution in [-0.4, -0.2) is 59.3 Å². The number of carbonyl (C=O) groups excluding carboxylic acids is 2. The summed E-state index contributed by atoms with van der Waals surface area (Å²) in [6, 6.07) is 5.53. The number of amides is 2. The fourth-order valence-corrected chi connectivity index (χ4v) is 3.70. The summed E-state index contributed by atoms with van der Waals surface area (Å²) >= 11 is 1.44. The highest BCUT2D eigenvalue weighted by Crippen LogP contribution is 2.15. The summed E-state index contributed by atoms with van der Waals surface area (Å²) < 4.78 is 13.0. The fourth-order valence-electron chi connectivity index (χ4n) is 2.91. The molecule has 1 fully saturated rings. The molecule has 0 spiro atoms. The molecular formula is C18H21FN4O2S. The van der Waals surface area contributed by atoms with Crippen LogP contribution in [0.2, 0.25) is 0 Å². The molecule has 2 heterocycles. The molecule has 6 nitrogen and oxygen atoms in total. The van der Waals surface area contributed by atoms with Crippen molar-refractivity contribution in [1.29, 1.82) is 0 Å². The van der Waals surface area contributed by atoms with E-state index in [2.05, 4.69) is 4.98 Å². The normalized spacial score (nSPS) is 15.0. The predicted octanol–water partition coefficient (Wildman–Crippen LogP) is 1.77. The maximum atomic E-state index is 13.0. The third-order valence-electron chi connectivity index (χ3n) is 4.29. The van der Waals surface area contributed by atoms with Gasteiger partial charge in [0.05, 0.1) is 5.01 Å². The summed E-state index contributed by atoms with van der Waals surface area (Å²) in [6.45, 7) is 2.55. The van der Waals surface area contributed by atoms with Crippen LogP contribution in [0.5, 0.6) is 0 Å². The van der Waals surface area contributed by atoms with Gasteiger partial charge in [0.25, 0.3) is 11.8 Å². The Morgan fingerprint density at radius 1 is 1.08 bits per heavy atom. The summed E-state index contributed by atoms with van der Waals surface area (Å²) in [6.07, 6.45) is 1.36. The van der Waals surface area contributed by atoms with Crippen molar-refractivity contribution in [1.82, 2.24) is 14.8 Å². The van der Waals surface area contributed by atoms with E-state index in [0.29, 0.717) is 56.8 Å². The van der Waals surface area contributed by atoms with Gasteiger partial charge in [-0.1, -0.05) is 0 Å². The van der Waals surface area contributed by atoms with Crippen LogP contribution in [0.25, 0.3) is 0 Å². The first kappa shape index (κ1) is 18.5. The monoisotopic (exact) mass is 376 g/mol. The smallest absolute Gasteiger partial charge is 0.273 e. The number of aromatic nitrogens is 1. The van der Waals surface area contributed by atoms with Crippen LogP contribution >= 0.6 is 11.3 Å². The number of hydrogen-bond donors (Lipinski definition) is 1. The minimum absolute atomic E-state index is 0.111. The van der Waals surface area contributed by atoms with Gasteiger partial charge in [-0.15, -0.1) is 11.3 Å². The molecule has 1 aliphatic heterocycles. The quantitative estimate of drug-likeness (QED) is 0.882. The van der Waals surface area contributed by atoms with E-state index in [4.69, 9.17) is 5.73 Å². The Balaban J connectivity index is 1.62. The topological polar surface area (TPSA) is 79.5 Å². The molecule has 8 heteroatoms. The van der Waals surface area contributed by atoms with Crippen molar-refractivity contribution < 1.29 is 14.0 Å². The minimum atomic E-state index is -0.369. The number of halogens is 1. The van der Waals surface area contributed by atoms with Gasteiger partial charge in [-0.3, -0.25) is 9.59 Å². The van der Waals surface area contributed by atoms with Gasteiger partial charge in [-0.05, 0) is 37.2 Å². The number of nitrogens with two attached hydrogens (primary N) is 1. The Morgan fingerprint density at radius 3 is 2.38 bits per heavy atom. The van der Waals surface area contributed by atoms with E-state index in [1.807, 2.05) is 0 Å². The highest BCUT2D eigenvalue weighted by molar-refractivity contribution is 7.09. The fraction of sp³-hybridized carbons (Fsp3) is 0.389. The Labute approximate surface area is 155 Å². The second-order valence-electron chi connectivity index (χ2n) is 6.11. The Bertz CT molecular complexity index is 778. The van der Waals surface area contributed by atoms with Gasteiger partial charge in [0.15, 0.2) is 0 Å². The maximum Gasteiger partial charge on any atom is 0.273 e. The van der Waals surface area contributed by atoms with Crippen LogP contribution in [0, 0.1) is 5.82 Å². The van der Waals surface area contributed by atoms with Gasteiger partial charge < -0.3 is 15.5 Å². The lowest BCUT2D eigenvalue weighted by Crippen LogP contribution is -2.37. The molecular weight excluding hydrogens is 355 g/mol. The average molecular weight is 376 g/mol.